The second-order valence-corrected chi connectivity index (χ2v) is 3.79. The van der Waals surface area contributed by atoms with Crippen LogP contribution in [0, 0.1) is 5.82 Å². The zero-order valence-corrected chi connectivity index (χ0v) is 8.81. The summed E-state index contributed by atoms with van der Waals surface area (Å²) in [7, 11) is 1.78. The molecule has 0 amide bonds. The molecule has 0 radical (unpaired) electrons. The first-order valence-corrected chi connectivity index (χ1v) is 4.95. The Hall–Kier alpha value is -1.78. The molecule has 1 aromatic rings. The van der Waals surface area contributed by atoms with E-state index in [9.17, 15) is 9.18 Å². The Balaban J connectivity index is 2.25. The number of carboxylic acid groups (broad SMARTS) is 1. The molecular formula is C11H12FNO3. The fraction of sp³-hybridized carbons (Fsp3) is 0.364. The quantitative estimate of drug-likeness (QED) is 0.828. The lowest BCUT2D eigenvalue weighted by molar-refractivity contribution is -0.137. The Morgan fingerprint density at radius 1 is 1.69 bits per heavy atom. The van der Waals surface area contributed by atoms with Gasteiger partial charge in [-0.25, -0.2) is 4.39 Å². The molecule has 0 saturated heterocycles. The summed E-state index contributed by atoms with van der Waals surface area (Å²) in [6, 6.07) is 4.03. The molecule has 1 N–H and O–H groups in total. The highest BCUT2D eigenvalue weighted by Crippen LogP contribution is 2.33. The van der Waals surface area contributed by atoms with E-state index in [4.69, 9.17) is 9.84 Å². The number of hydrogen-bond acceptors (Lipinski definition) is 3. The van der Waals surface area contributed by atoms with Crippen LogP contribution in [0.3, 0.4) is 0 Å². The first-order valence-electron chi connectivity index (χ1n) is 4.95. The number of rotatable bonds is 2. The van der Waals surface area contributed by atoms with Crippen LogP contribution in [0.15, 0.2) is 18.2 Å². The monoisotopic (exact) mass is 225 g/mol. The van der Waals surface area contributed by atoms with Crippen LogP contribution in [-0.2, 0) is 4.79 Å². The van der Waals surface area contributed by atoms with Gasteiger partial charge in [-0.1, -0.05) is 0 Å². The largest absolute Gasteiger partial charge is 0.489 e. The van der Waals surface area contributed by atoms with Crippen LogP contribution < -0.4 is 9.64 Å². The molecule has 86 valence electrons. The van der Waals surface area contributed by atoms with Gasteiger partial charge in [-0.3, -0.25) is 4.79 Å². The highest BCUT2D eigenvalue weighted by molar-refractivity contribution is 5.70. The predicted octanol–water partition coefficient (Wildman–Crippen LogP) is 1.50. The minimum Gasteiger partial charge on any atom is -0.489 e. The van der Waals surface area contributed by atoms with E-state index in [0.29, 0.717) is 5.75 Å². The van der Waals surface area contributed by atoms with E-state index in [1.165, 1.54) is 12.1 Å². The molecule has 0 aromatic heterocycles. The SMILES string of the molecule is CN1c2ccc(F)cc2OC[C@H]1CC(=O)O. The Kier molecular flexibility index (Phi) is 2.68. The van der Waals surface area contributed by atoms with Gasteiger partial charge in [0.05, 0.1) is 18.2 Å². The number of carbonyl (C=O) groups is 1. The number of nitrogens with zero attached hydrogens (tertiary/aromatic N) is 1. The van der Waals surface area contributed by atoms with Gasteiger partial charge in [0, 0.05) is 13.1 Å². The van der Waals surface area contributed by atoms with Crippen molar-refractivity contribution < 1.29 is 19.0 Å². The number of likely N-dealkylation sites (N-methyl/N-ethyl adjacent to an activating group) is 1. The topological polar surface area (TPSA) is 49.8 Å². The predicted molar refractivity (Wildman–Crippen MR) is 56.3 cm³/mol. The van der Waals surface area contributed by atoms with Gasteiger partial charge in [0.15, 0.2) is 0 Å². The average molecular weight is 225 g/mol. The van der Waals surface area contributed by atoms with Gasteiger partial charge in [-0.2, -0.15) is 0 Å². The maximum atomic E-state index is 12.9. The molecular weight excluding hydrogens is 213 g/mol. The minimum absolute atomic E-state index is 0.00726. The molecule has 0 fully saturated rings. The number of halogens is 1. The van der Waals surface area contributed by atoms with Crippen molar-refractivity contribution in [3.05, 3.63) is 24.0 Å². The number of hydrogen-bond donors (Lipinski definition) is 1. The standard InChI is InChI=1S/C11H12FNO3/c1-13-8(5-11(14)15)6-16-10-4-7(12)2-3-9(10)13/h2-4,8H,5-6H2,1H3,(H,14,15)/t8-/m1/s1. The van der Waals surface area contributed by atoms with Crippen LogP contribution in [0.5, 0.6) is 5.75 Å². The molecule has 0 aliphatic carbocycles. The number of benzene rings is 1. The Labute approximate surface area is 92.2 Å². The summed E-state index contributed by atoms with van der Waals surface area (Å²) >= 11 is 0. The van der Waals surface area contributed by atoms with E-state index in [0.717, 1.165) is 5.69 Å². The molecule has 4 nitrogen and oxygen atoms in total. The van der Waals surface area contributed by atoms with Crippen molar-refractivity contribution in [1.82, 2.24) is 0 Å². The first kappa shape index (κ1) is 10.7. The Morgan fingerprint density at radius 2 is 2.44 bits per heavy atom. The summed E-state index contributed by atoms with van der Waals surface area (Å²) in [6.07, 6.45) is 0.00726. The molecule has 5 heteroatoms. The van der Waals surface area contributed by atoms with Crippen LogP contribution in [0.2, 0.25) is 0 Å². The van der Waals surface area contributed by atoms with Crippen molar-refractivity contribution in [1.29, 1.82) is 0 Å². The van der Waals surface area contributed by atoms with Gasteiger partial charge in [0.25, 0.3) is 0 Å². The molecule has 16 heavy (non-hydrogen) atoms. The summed E-state index contributed by atoms with van der Waals surface area (Å²) in [6.45, 7) is 0.263. The van der Waals surface area contributed by atoms with Crippen LogP contribution >= 0.6 is 0 Å². The van der Waals surface area contributed by atoms with E-state index in [1.54, 1.807) is 13.1 Å². The lowest BCUT2D eigenvalue weighted by atomic mass is 10.1. The highest BCUT2D eigenvalue weighted by atomic mass is 19.1. The van der Waals surface area contributed by atoms with Crippen LogP contribution in [-0.4, -0.2) is 30.8 Å². The van der Waals surface area contributed by atoms with Gasteiger partial charge in [-0.15, -0.1) is 0 Å². The van der Waals surface area contributed by atoms with Gasteiger partial charge in [0.2, 0.25) is 0 Å². The lowest BCUT2D eigenvalue weighted by Gasteiger charge is -2.34. The molecule has 1 heterocycles. The summed E-state index contributed by atoms with van der Waals surface area (Å²) in [5, 5.41) is 8.73. The Morgan fingerprint density at radius 3 is 3.12 bits per heavy atom. The second-order valence-electron chi connectivity index (χ2n) is 3.79. The highest BCUT2D eigenvalue weighted by Gasteiger charge is 2.26. The third kappa shape index (κ3) is 1.93. The number of ether oxygens (including phenoxy) is 1. The van der Waals surface area contributed by atoms with Crippen molar-refractivity contribution in [3.63, 3.8) is 0 Å². The van der Waals surface area contributed by atoms with Crippen molar-refractivity contribution in [2.45, 2.75) is 12.5 Å². The number of anilines is 1. The molecule has 0 saturated carbocycles. The van der Waals surface area contributed by atoms with Crippen molar-refractivity contribution in [3.8, 4) is 5.75 Å². The molecule has 2 rings (SSSR count). The van der Waals surface area contributed by atoms with E-state index >= 15 is 0 Å². The zero-order chi connectivity index (χ0) is 11.7. The van der Waals surface area contributed by atoms with E-state index in [1.807, 2.05) is 4.90 Å². The lowest BCUT2D eigenvalue weighted by Crippen LogP contribution is -2.41. The van der Waals surface area contributed by atoms with Gasteiger partial charge < -0.3 is 14.7 Å². The second kappa shape index (κ2) is 4.00. The molecule has 0 spiro atoms. The van der Waals surface area contributed by atoms with Gasteiger partial charge in [-0.05, 0) is 12.1 Å². The number of carboxylic acids is 1. The summed E-state index contributed by atoms with van der Waals surface area (Å²) in [5.74, 6) is -0.765. The summed E-state index contributed by atoms with van der Waals surface area (Å²) < 4.78 is 18.3. The van der Waals surface area contributed by atoms with Crippen molar-refractivity contribution in [2.24, 2.45) is 0 Å². The number of aliphatic carboxylic acids is 1. The summed E-state index contributed by atoms with van der Waals surface area (Å²) in [5.41, 5.74) is 0.721. The normalized spacial score (nSPS) is 18.9. The van der Waals surface area contributed by atoms with E-state index in [-0.39, 0.29) is 24.9 Å². The maximum absolute atomic E-state index is 12.9. The minimum atomic E-state index is -0.869. The van der Waals surface area contributed by atoms with Crippen molar-refractivity contribution in [2.75, 3.05) is 18.6 Å². The third-order valence-electron chi connectivity index (χ3n) is 2.69. The van der Waals surface area contributed by atoms with E-state index < -0.39 is 5.97 Å². The van der Waals surface area contributed by atoms with Gasteiger partial charge in [0.1, 0.15) is 18.2 Å². The molecule has 0 bridgehead atoms. The number of fused-ring (bicyclic) bond motifs is 1. The first-order chi connectivity index (χ1) is 7.58. The van der Waals surface area contributed by atoms with Crippen LogP contribution in [0.4, 0.5) is 10.1 Å². The molecule has 1 aliphatic rings. The molecule has 1 atom stereocenters. The Bertz CT molecular complexity index is 422. The fourth-order valence-corrected chi connectivity index (χ4v) is 1.79. The maximum Gasteiger partial charge on any atom is 0.305 e. The third-order valence-corrected chi connectivity index (χ3v) is 2.69. The summed E-state index contributed by atoms with van der Waals surface area (Å²) in [4.78, 5) is 12.4. The average Bonchev–Trinajstić information content (AvgIpc) is 2.22. The van der Waals surface area contributed by atoms with E-state index in [2.05, 4.69) is 0 Å². The van der Waals surface area contributed by atoms with Crippen molar-refractivity contribution >= 4 is 11.7 Å². The molecule has 0 unspecified atom stereocenters. The smallest absolute Gasteiger partial charge is 0.305 e. The molecule has 1 aromatic carbocycles. The van der Waals surface area contributed by atoms with Gasteiger partial charge >= 0.3 is 5.97 Å². The molecule has 1 aliphatic heterocycles. The van der Waals surface area contributed by atoms with Crippen LogP contribution in [0.25, 0.3) is 0 Å². The fourth-order valence-electron chi connectivity index (χ4n) is 1.79. The zero-order valence-electron chi connectivity index (χ0n) is 8.81. The van der Waals surface area contributed by atoms with Crippen LogP contribution in [0.1, 0.15) is 6.42 Å².